The summed E-state index contributed by atoms with van der Waals surface area (Å²) in [5.74, 6) is 0. The van der Waals surface area contributed by atoms with Gasteiger partial charge in [-0.2, -0.15) is 0 Å². The van der Waals surface area contributed by atoms with Crippen LogP contribution in [0.2, 0.25) is 0 Å². The van der Waals surface area contributed by atoms with Gasteiger partial charge in [-0.1, -0.05) is 18.2 Å². The highest BCUT2D eigenvalue weighted by molar-refractivity contribution is 5.75. The van der Waals surface area contributed by atoms with Crippen LogP contribution in [-0.2, 0) is 13.6 Å². The zero-order valence-electron chi connectivity index (χ0n) is 8.20. The van der Waals surface area contributed by atoms with Crippen LogP contribution in [0.1, 0.15) is 0 Å². The van der Waals surface area contributed by atoms with Crippen molar-refractivity contribution in [1.29, 1.82) is 5.41 Å². The number of allylic oxidation sites excluding steroid dienone is 1. The number of aromatic nitrogens is 2. The Morgan fingerprint density at radius 2 is 2.00 bits per heavy atom. The van der Waals surface area contributed by atoms with E-state index in [0.29, 0.717) is 12.2 Å². The van der Waals surface area contributed by atoms with E-state index < -0.39 is 0 Å². The van der Waals surface area contributed by atoms with Gasteiger partial charge in [-0.3, -0.25) is 5.41 Å². The monoisotopic (exact) mass is 187 g/mol. The highest BCUT2D eigenvalue weighted by Gasteiger charge is 2.04. The van der Waals surface area contributed by atoms with E-state index in [2.05, 4.69) is 6.58 Å². The fraction of sp³-hybridized carbons (Fsp3) is 0.182. The van der Waals surface area contributed by atoms with Crippen LogP contribution in [0.25, 0.3) is 11.0 Å². The minimum absolute atomic E-state index is 0.506. The molecule has 0 bridgehead atoms. The lowest BCUT2D eigenvalue weighted by atomic mass is 10.3. The van der Waals surface area contributed by atoms with Crippen molar-refractivity contribution in [2.45, 2.75) is 6.54 Å². The third-order valence-electron chi connectivity index (χ3n) is 2.42. The van der Waals surface area contributed by atoms with Crippen molar-refractivity contribution >= 4 is 11.0 Å². The fourth-order valence-corrected chi connectivity index (χ4v) is 1.70. The van der Waals surface area contributed by atoms with Gasteiger partial charge in [-0.05, 0) is 12.1 Å². The van der Waals surface area contributed by atoms with Crippen LogP contribution in [0.15, 0.2) is 36.9 Å². The molecule has 3 nitrogen and oxygen atoms in total. The Balaban J connectivity index is 2.87. The predicted molar refractivity (Wildman–Crippen MR) is 57.0 cm³/mol. The maximum atomic E-state index is 7.91. The second kappa shape index (κ2) is 3.18. The normalized spacial score (nSPS) is 10.6. The summed E-state index contributed by atoms with van der Waals surface area (Å²) in [5, 5.41) is 7.91. The quantitative estimate of drug-likeness (QED) is 0.694. The molecule has 0 unspecified atom stereocenters. The summed E-state index contributed by atoms with van der Waals surface area (Å²) in [6, 6.07) is 8.02. The average Bonchev–Trinajstić information content (AvgIpc) is 2.45. The van der Waals surface area contributed by atoms with Crippen molar-refractivity contribution < 1.29 is 0 Å². The van der Waals surface area contributed by atoms with Gasteiger partial charge < -0.3 is 9.13 Å². The lowest BCUT2D eigenvalue weighted by Crippen LogP contribution is -2.21. The summed E-state index contributed by atoms with van der Waals surface area (Å²) in [6.45, 7) is 4.38. The van der Waals surface area contributed by atoms with E-state index >= 15 is 0 Å². The Kier molecular flexibility index (Phi) is 2.00. The van der Waals surface area contributed by atoms with Gasteiger partial charge >= 0.3 is 0 Å². The largest absolute Gasteiger partial charge is 0.313 e. The molecular formula is C11H13N3. The highest BCUT2D eigenvalue weighted by atomic mass is 15.2. The van der Waals surface area contributed by atoms with Gasteiger partial charge in [-0.15, -0.1) is 6.58 Å². The minimum Gasteiger partial charge on any atom is -0.313 e. The predicted octanol–water partition coefficient (Wildman–Crippen LogP) is 1.65. The molecule has 0 radical (unpaired) electrons. The Morgan fingerprint density at radius 1 is 1.36 bits per heavy atom. The van der Waals surface area contributed by atoms with Crippen LogP contribution in [0.3, 0.4) is 0 Å². The van der Waals surface area contributed by atoms with Crippen molar-refractivity contribution in [3.05, 3.63) is 42.5 Å². The molecule has 14 heavy (non-hydrogen) atoms. The molecule has 1 aromatic carbocycles. The number of hydrogen-bond acceptors (Lipinski definition) is 1. The Bertz CT molecular complexity index is 531. The van der Waals surface area contributed by atoms with Crippen LogP contribution in [0.5, 0.6) is 0 Å². The van der Waals surface area contributed by atoms with E-state index in [4.69, 9.17) is 5.41 Å². The van der Waals surface area contributed by atoms with Gasteiger partial charge in [-0.25, -0.2) is 0 Å². The van der Waals surface area contributed by atoms with Gasteiger partial charge in [0.25, 0.3) is 0 Å². The molecule has 0 saturated heterocycles. The molecular weight excluding hydrogens is 174 g/mol. The lowest BCUT2D eigenvalue weighted by molar-refractivity contribution is 0.706. The maximum Gasteiger partial charge on any atom is 0.203 e. The number of fused-ring (bicyclic) bond motifs is 1. The van der Waals surface area contributed by atoms with Crippen LogP contribution < -0.4 is 5.62 Å². The fourth-order valence-electron chi connectivity index (χ4n) is 1.70. The molecule has 3 heteroatoms. The molecule has 72 valence electrons. The molecule has 0 spiro atoms. The molecule has 0 saturated carbocycles. The smallest absolute Gasteiger partial charge is 0.203 e. The molecule has 0 fully saturated rings. The van der Waals surface area contributed by atoms with E-state index in [-0.39, 0.29) is 0 Å². The summed E-state index contributed by atoms with van der Waals surface area (Å²) in [7, 11) is 1.91. The number of nitrogens with zero attached hydrogens (tertiary/aromatic N) is 2. The molecule has 0 amide bonds. The van der Waals surface area contributed by atoms with E-state index in [9.17, 15) is 0 Å². The van der Waals surface area contributed by atoms with Gasteiger partial charge in [0.2, 0.25) is 5.62 Å². The first-order valence-electron chi connectivity index (χ1n) is 4.55. The Labute approximate surface area is 82.4 Å². The van der Waals surface area contributed by atoms with E-state index in [1.165, 1.54) is 0 Å². The van der Waals surface area contributed by atoms with Gasteiger partial charge in [0.05, 0.1) is 11.0 Å². The summed E-state index contributed by atoms with van der Waals surface area (Å²) < 4.78 is 3.81. The molecule has 1 heterocycles. The van der Waals surface area contributed by atoms with E-state index in [1.54, 1.807) is 0 Å². The topological polar surface area (TPSA) is 33.7 Å². The number of imidazole rings is 1. The Morgan fingerprint density at radius 3 is 2.64 bits per heavy atom. The second-order valence-electron chi connectivity index (χ2n) is 3.27. The molecule has 0 aliphatic rings. The third-order valence-corrected chi connectivity index (χ3v) is 2.42. The van der Waals surface area contributed by atoms with Gasteiger partial charge in [0.15, 0.2) is 0 Å². The number of rotatable bonds is 2. The standard InChI is InChI=1S/C11H13N3/c1-3-8-14-10-7-5-4-6-9(10)13(2)11(14)12/h3-7,12H,1,8H2,2H3. The van der Waals surface area contributed by atoms with Gasteiger partial charge in [0, 0.05) is 13.6 Å². The van der Waals surface area contributed by atoms with Crippen molar-refractivity contribution in [2.75, 3.05) is 0 Å². The van der Waals surface area contributed by atoms with E-state index in [1.807, 2.05) is 46.5 Å². The summed E-state index contributed by atoms with van der Waals surface area (Å²) in [6.07, 6.45) is 1.81. The number of nitrogens with one attached hydrogen (secondary N) is 1. The van der Waals surface area contributed by atoms with Crippen molar-refractivity contribution in [2.24, 2.45) is 7.05 Å². The summed E-state index contributed by atoms with van der Waals surface area (Å²) in [4.78, 5) is 0. The molecule has 2 aromatic rings. The number of para-hydroxylation sites is 2. The maximum absolute atomic E-state index is 7.91. The lowest BCUT2D eigenvalue weighted by Gasteiger charge is -1.97. The van der Waals surface area contributed by atoms with Crippen LogP contribution in [0, 0.1) is 5.41 Å². The number of aryl methyl sites for hydroxylation is 1. The average molecular weight is 187 g/mol. The molecule has 0 aliphatic heterocycles. The first-order valence-corrected chi connectivity index (χ1v) is 4.55. The number of benzene rings is 1. The first-order chi connectivity index (χ1) is 6.75. The van der Waals surface area contributed by atoms with Crippen LogP contribution >= 0.6 is 0 Å². The zero-order valence-corrected chi connectivity index (χ0v) is 8.20. The zero-order chi connectivity index (χ0) is 10.1. The SMILES string of the molecule is C=CCn1c(=N)n(C)c2ccccc21. The molecule has 2 rings (SSSR count). The van der Waals surface area contributed by atoms with Crippen LogP contribution in [0.4, 0.5) is 0 Å². The van der Waals surface area contributed by atoms with Crippen LogP contribution in [-0.4, -0.2) is 9.13 Å². The molecule has 1 N–H and O–H groups in total. The molecule has 1 aromatic heterocycles. The van der Waals surface area contributed by atoms with E-state index in [0.717, 1.165) is 11.0 Å². The Hall–Kier alpha value is -1.77. The molecule has 0 atom stereocenters. The van der Waals surface area contributed by atoms with Crippen molar-refractivity contribution in [3.63, 3.8) is 0 Å². The summed E-state index contributed by atoms with van der Waals surface area (Å²) >= 11 is 0. The first kappa shape index (κ1) is 8.81. The van der Waals surface area contributed by atoms with Gasteiger partial charge in [0.1, 0.15) is 0 Å². The minimum atomic E-state index is 0.506. The number of hydrogen-bond donors (Lipinski definition) is 1. The summed E-state index contributed by atoms with van der Waals surface area (Å²) in [5.41, 5.74) is 2.67. The van der Waals surface area contributed by atoms with Crippen molar-refractivity contribution in [3.8, 4) is 0 Å². The second-order valence-corrected chi connectivity index (χ2v) is 3.27. The highest BCUT2D eigenvalue weighted by Crippen LogP contribution is 2.10. The molecule has 0 aliphatic carbocycles. The third kappa shape index (κ3) is 1.09. The van der Waals surface area contributed by atoms with Crippen molar-refractivity contribution in [1.82, 2.24) is 9.13 Å².